The van der Waals surface area contributed by atoms with Gasteiger partial charge in [-0.2, -0.15) is 0 Å². The first-order valence-corrected chi connectivity index (χ1v) is 6.21. The maximum absolute atomic E-state index is 13.7. The van der Waals surface area contributed by atoms with Crippen LogP contribution in [-0.2, 0) is 0 Å². The second kappa shape index (κ2) is 5.52. The molecule has 0 bridgehead atoms. The number of benzene rings is 1. The summed E-state index contributed by atoms with van der Waals surface area (Å²) < 4.78 is 27.0. The summed E-state index contributed by atoms with van der Waals surface area (Å²) in [5.74, 6) is -2.55. The number of nitrogens with one attached hydrogen (secondary N) is 1. The van der Waals surface area contributed by atoms with Crippen molar-refractivity contribution >= 4 is 11.6 Å². The number of carbonyl (C=O) groups excluding carboxylic acids is 1. The van der Waals surface area contributed by atoms with E-state index in [0.717, 1.165) is 32.0 Å². The van der Waals surface area contributed by atoms with Crippen LogP contribution in [0.3, 0.4) is 0 Å². The zero-order valence-corrected chi connectivity index (χ0v) is 10.7. The molecule has 3 N–H and O–H groups in total. The molecule has 4 nitrogen and oxygen atoms in total. The van der Waals surface area contributed by atoms with Crippen molar-refractivity contribution in [3.63, 3.8) is 0 Å². The van der Waals surface area contributed by atoms with Crippen molar-refractivity contribution in [3.05, 3.63) is 29.3 Å². The van der Waals surface area contributed by atoms with E-state index in [2.05, 4.69) is 10.2 Å². The minimum atomic E-state index is -0.934. The number of anilines is 1. The van der Waals surface area contributed by atoms with Crippen LogP contribution in [0.2, 0.25) is 0 Å². The lowest BCUT2D eigenvalue weighted by Gasteiger charge is -2.31. The summed E-state index contributed by atoms with van der Waals surface area (Å²) in [6.45, 7) is 1.79. The number of nitrogens with zero attached hydrogens (tertiary/aromatic N) is 1. The Kier molecular flexibility index (Phi) is 3.99. The lowest BCUT2D eigenvalue weighted by atomic mass is 10.1. The van der Waals surface area contributed by atoms with Crippen LogP contribution in [0, 0.1) is 11.6 Å². The molecule has 1 saturated heterocycles. The predicted molar refractivity (Wildman–Crippen MR) is 69.0 cm³/mol. The van der Waals surface area contributed by atoms with Gasteiger partial charge in [0.1, 0.15) is 11.6 Å². The quantitative estimate of drug-likeness (QED) is 0.875. The maximum atomic E-state index is 13.7. The topological polar surface area (TPSA) is 58.4 Å². The van der Waals surface area contributed by atoms with Crippen LogP contribution in [0.15, 0.2) is 12.1 Å². The zero-order chi connectivity index (χ0) is 14.0. The number of nitrogens with two attached hydrogens (primary N) is 1. The number of primary amides is 1. The summed E-state index contributed by atoms with van der Waals surface area (Å²) in [5, 5.41) is 3.01. The van der Waals surface area contributed by atoms with Crippen molar-refractivity contribution in [2.75, 3.05) is 25.5 Å². The van der Waals surface area contributed by atoms with Crippen LogP contribution in [-0.4, -0.2) is 37.0 Å². The normalized spacial score (nSPS) is 20.3. The summed E-state index contributed by atoms with van der Waals surface area (Å²) in [6.07, 6.45) is 1.92. The first-order chi connectivity index (χ1) is 8.97. The molecule has 1 fully saturated rings. The SMILES string of the molecule is CN1CCCC(Nc2cc(C(N)=O)c(F)cc2F)C1. The van der Waals surface area contributed by atoms with Crippen molar-refractivity contribution in [1.29, 1.82) is 0 Å². The van der Waals surface area contributed by atoms with E-state index in [1.165, 1.54) is 0 Å². The Morgan fingerprint density at radius 1 is 1.42 bits per heavy atom. The number of amides is 1. The van der Waals surface area contributed by atoms with Crippen LogP contribution in [0.1, 0.15) is 23.2 Å². The third-order valence-electron chi connectivity index (χ3n) is 3.31. The van der Waals surface area contributed by atoms with Crippen molar-refractivity contribution in [2.45, 2.75) is 18.9 Å². The number of hydrogen-bond donors (Lipinski definition) is 2. The molecule has 1 atom stereocenters. The van der Waals surface area contributed by atoms with Gasteiger partial charge < -0.3 is 16.0 Å². The number of piperidine rings is 1. The number of rotatable bonds is 3. The van der Waals surface area contributed by atoms with E-state index in [-0.39, 0.29) is 17.3 Å². The van der Waals surface area contributed by atoms with E-state index in [9.17, 15) is 13.6 Å². The molecule has 1 aromatic rings. The molecule has 1 aromatic carbocycles. The van der Waals surface area contributed by atoms with Crippen molar-refractivity contribution in [2.24, 2.45) is 5.73 Å². The molecule has 0 spiro atoms. The van der Waals surface area contributed by atoms with Crippen LogP contribution >= 0.6 is 0 Å². The molecule has 1 aliphatic heterocycles. The Labute approximate surface area is 110 Å². The standard InChI is InChI=1S/C13H17F2N3O/c1-18-4-2-3-8(7-18)17-12-5-9(13(16)19)10(14)6-11(12)15/h5-6,8,17H,2-4,7H2,1H3,(H2,16,19). The average molecular weight is 269 g/mol. The van der Waals surface area contributed by atoms with Gasteiger partial charge in [0.15, 0.2) is 0 Å². The number of likely N-dealkylation sites (N-methyl/N-ethyl adjacent to an activating group) is 1. The molecule has 0 saturated carbocycles. The van der Waals surface area contributed by atoms with Crippen LogP contribution < -0.4 is 11.1 Å². The van der Waals surface area contributed by atoms with Crippen molar-refractivity contribution in [3.8, 4) is 0 Å². The smallest absolute Gasteiger partial charge is 0.251 e. The molecule has 2 rings (SSSR count). The van der Waals surface area contributed by atoms with Gasteiger partial charge in [-0.1, -0.05) is 0 Å². The Bertz CT molecular complexity index is 493. The first kappa shape index (κ1) is 13.7. The van der Waals surface area contributed by atoms with E-state index >= 15 is 0 Å². The summed E-state index contributed by atoms with van der Waals surface area (Å²) >= 11 is 0. The molecule has 0 aromatic heterocycles. The molecule has 104 valence electrons. The molecule has 1 unspecified atom stereocenters. The summed E-state index contributed by atoms with van der Waals surface area (Å²) in [6, 6.07) is 1.91. The Hall–Kier alpha value is -1.69. The third-order valence-corrected chi connectivity index (χ3v) is 3.31. The molecule has 19 heavy (non-hydrogen) atoms. The summed E-state index contributed by atoms with van der Waals surface area (Å²) in [4.78, 5) is 13.2. The monoisotopic (exact) mass is 269 g/mol. The average Bonchev–Trinajstić information content (AvgIpc) is 2.32. The third kappa shape index (κ3) is 3.20. The second-order valence-corrected chi connectivity index (χ2v) is 4.92. The van der Waals surface area contributed by atoms with E-state index in [4.69, 9.17) is 5.73 Å². The van der Waals surface area contributed by atoms with Crippen LogP contribution in [0.4, 0.5) is 14.5 Å². The van der Waals surface area contributed by atoms with Crippen molar-refractivity contribution < 1.29 is 13.6 Å². The van der Waals surface area contributed by atoms with Crippen molar-refractivity contribution in [1.82, 2.24) is 4.90 Å². The highest BCUT2D eigenvalue weighted by atomic mass is 19.1. The van der Waals surface area contributed by atoms with Crippen LogP contribution in [0.25, 0.3) is 0 Å². The summed E-state index contributed by atoms with van der Waals surface area (Å²) in [5.41, 5.74) is 4.87. The molecular formula is C13H17F2N3O. The van der Waals surface area contributed by atoms with Gasteiger partial charge in [-0.15, -0.1) is 0 Å². The van der Waals surface area contributed by atoms with E-state index in [0.29, 0.717) is 6.07 Å². The fraction of sp³-hybridized carbons (Fsp3) is 0.462. The largest absolute Gasteiger partial charge is 0.379 e. The van der Waals surface area contributed by atoms with E-state index in [1.54, 1.807) is 0 Å². The molecule has 1 amide bonds. The van der Waals surface area contributed by atoms with Gasteiger partial charge in [0.2, 0.25) is 0 Å². The van der Waals surface area contributed by atoms with Gasteiger partial charge in [-0.25, -0.2) is 8.78 Å². The van der Waals surface area contributed by atoms with Gasteiger partial charge in [-0.3, -0.25) is 4.79 Å². The lowest BCUT2D eigenvalue weighted by Crippen LogP contribution is -2.40. The predicted octanol–water partition coefficient (Wildman–Crippen LogP) is 1.57. The number of hydrogen-bond acceptors (Lipinski definition) is 3. The Balaban J connectivity index is 2.19. The summed E-state index contributed by atoms with van der Waals surface area (Å²) in [7, 11) is 1.99. The lowest BCUT2D eigenvalue weighted by molar-refractivity contribution is 0.0996. The molecule has 1 heterocycles. The number of likely N-dealkylation sites (tertiary alicyclic amines) is 1. The maximum Gasteiger partial charge on any atom is 0.251 e. The van der Waals surface area contributed by atoms with Gasteiger partial charge in [0.25, 0.3) is 5.91 Å². The van der Waals surface area contributed by atoms with E-state index in [1.807, 2.05) is 7.05 Å². The van der Waals surface area contributed by atoms with Gasteiger partial charge in [-0.05, 0) is 32.5 Å². The number of carbonyl (C=O) groups is 1. The molecular weight excluding hydrogens is 252 g/mol. The second-order valence-electron chi connectivity index (χ2n) is 4.92. The fourth-order valence-corrected chi connectivity index (χ4v) is 2.35. The first-order valence-electron chi connectivity index (χ1n) is 6.21. The highest BCUT2D eigenvalue weighted by Gasteiger charge is 2.20. The Morgan fingerprint density at radius 2 is 2.16 bits per heavy atom. The molecule has 6 heteroatoms. The number of halogens is 2. The van der Waals surface area contributed by atoms with Gasteiger partial charge in [0, 0.05) is 18.7 Å². The highest BCUT2D eigenvalue weighted by Crippen LogP contribution is 2.22. The van der Waals surface area contributed by atoms with E-state index < -0.39 is 17.5 Å². The zero-order valence-electron chi connectivity index (χ0n) is 10.7. The van der Waals surface area contributed by atoms with Crippen LogP contribution in [0.5, 0.6) is 0 Å². The Morgan fingerprint density at radius 3 is 2.79 bits per heavy atom. The minimum Gasteiger partial charge on any atom is -0.379 e. The van der Waals surface area contributed by atoms with Gasteiger partial charge in [0.05, 0.1) is 11.3 Å². The minimum absolute atomic E-state index is 0.0828. The fourth-order valence-electron chi connectivity index (χ4n) is 2.35. The molecule has 0 aliphatic carbocycles. The molecule has 0 radical (unpaired) electrons. The molecule has 1 aliphatic rings. The van der Waals surface area contributed by atoms with Gasteiger partial charge >= 0.3 is 0 Å². The highest BCUT2D eigenvalue weighted by molar-refractivity contribution is 5.94.